The van der Waals surface area contributed by atoms with Crippen LogP contribution in [-0.4, -0.2) is 16.1 Å². The SMILES string of the molecule is O=[N+]([O-])C=C(c1ccnc(C(F)(F)F)c1C(F)(F)F)C(F)(F)F. The van der Waals surface area contributed by atoms with Crippen molar-refractivity contribution < 1.29 is 44.4 Å². The lowest BCUT2D eigenvalue weighted by Crippen LogP contribution is -2.23. The summed E-state index contributed by atoms with van der Waals surface area (Å²) in [5, 5.41) is 10.2. The fraction of sp³-hybridized carbons (Fsp3) is 0.300. The third kappa shape index (κ3) is 4.32. The molecule has 0 aliphatic carbocycles. The van der Waals surface area contributed by atoms with E-state index in [0.717, 1.165) is 0 Å². The van der Waals surface area contributed by atoms with E-state index in [1.165, 1.54) is 0 Å². The lowest BCUT2D eigenvalue weighted by molar-refractivity contribution is -0.402. The molecule has 0 fully saturated rings. The molecule has 4 nitrogen and oxygen atoms in total. The molecule has 0 bridgehead atoms. The zero-order chi connectivity index (χ0) is 18.2. The summed E-state index contributed by atoms with van der Waals surface area (Å²) in [7, 11) is 0. The molecule has 0 unspecified atom stereocenters. The summed E-state index contributed by atoms with van der Waals surface area (Å²) in [6, 6.07) is -0.0269. The van der Waals surface area contributed by atoms with Crippen LogP contribution in [0.15, 0.2) is 18.5 Å². The van der Waals surface area contributed by atoms with Crippen LogP contribution in [0.3, 0.4) is 0 Å². The van der Waals surface area contributed by atoms with Crippen LogP contribution in [0, 0.1) is 10.1 Å². The first-order valence-corrected chi connectivity index (χ1v) is 5.22. The lowest BCUT2D eigenvalue weighted by atomic mass is 9.98. The van der Waals surface area contributed by atoms with Gasteiger partial charge in [0, 0.05) is 11.8 Å². The van der Waals surface area contributed by atoms with E-state index in [0.29, 0.717) is 0 Å². The molecule has 0 aliphatic heterocycles. The molecule has 0 radical (unpaired) electrons. The Morgan fingerprint density at radius 2 is 1.57 bits per heavy atom. The fourth-order valence-electron chi connectivity index (χ4n) is 1.59. The Morgan fingerprint density at radius 3 is 1.91 bits per heavy atom. The van der Waals surface area contributed by atoms with Gasteiger partial charge in [0.2, 0.25) is 6.20 Å². The molecule has 0 saturated heterocycles. The molecule has 13 heteroatoms. The normalized spacial score (nSPS) is 14.0. The van der Waals surface area contributed by atoms with Gasteiger partial charge in [-0.15, -0.1) is 0 Å². The van der Waals surface area contributed by atoms with Crippen LogP contribution < -0.4 is 0 Å². The van der Waals surface area contributed by atoms with E-state index in [4.69, 9.17) is 0 Å². The van der Waals surface area contributed by atoms with Crippen molar-refractivity contribution >= 4 is 5.57 Å². The number of hydrogen-bond donors (Lipinski definition) is 0. The predicted molar refractivity (Wildman–Crippen MR) is 55.3 cm³/mol. The van der Waals surface area contributed by atoms with Crippen molar-refractivity contribution in [3.63, 3.8) is 0 Å². The Hall–Kier alpha value is -2.34. The van der Waals surface area contributed by atoms with Crippen molar-refractivity contribution in [3.05, 3.63) is 45.4 Å². The van der Waals surface area contributed by atoms with Crippen LogP contribution in [0.1, 0.15) is 16.8 Å². The summed E-state index contributed by atoms with van der Waals surface area (Å²) >= 11 is 0. The van der Waals surface area contributed by atoms with E-state index in [9.17, 15) is 49.6 Å². The van der Waals surface area contributed by atoms with Crippen molar-refractivity contribution in [3.8, 4) is 0 Å². The van der Waals surface area contributed by atoms with E-state index in [2.05, 4.69) is 4.98 Å². The maximum atomic E-state index is 12.8. The maximum absolute atomic E-state index is 12.8. The Morgan fingerprint density at radius 1 is 1.04 bits per heavy atom. The van der Waals surface area contributed by atoms with Gasteiger partial charge in [-0.05, 0) is 6.07 Å². The molecule has 128 valence electrons. The molecule has 0 spiro atoms. The van der Waals surface area contributed by atoms with Crippen LogP contribution >= 0.6 is 0 Å². The second-order valence-electron chi connectivity index (χ2n) is 3.90. The number of hydrogen-bond acceptors (Lipinski definition) is 3. The highest BCUT2D eigenvalue weighted by molar-refractivity contribution is 5.72. The minimum atomic E-state index is -5.88. The standard InChI is InChI=1S/C10H3F9N2O2/c11-8(12,13)5(3-21(22)23)4-1-2-20-7(10(17,18)19)6(4)9(14,15)16/h1-3H. The van der Waals surface area contributed by atoms with Gasteiger partial charge in [0.15, 0.2) is 5.69 Å². The van der Waals surface area contributed by atoms with E-state index < -0.39 is 52.0 Å². The van der Waals surface area contributed by atoms with E-state index in [1.54, 1.807) is 0 Å². The molecule has 0 atom stereocenters. The predicted octanol–water partition coefficient (Wildman–Crippen LogP) is 4.30. The minimum Gasteiger partial charge on any atom is -0.259 e. The molecule has 0 aromatic carbocycles. The molecule has 1 rings (SSSR count). The smallest absolute Gasteiger partial charge is 0.259 e. The highest BCUT2D eigenvalue weighted by Crippen LogP contribution is 2.45. The lowest BCUT2D eigenvalue weighted by Gasteiger charge is -2.19. The first-order valence-electron chi connectivity index (χ1n) is 5.22. The molecule has 0 aliphatic rings. The number of nitrogens with zero attached hydrogens (tertiary/aromatic N) is 2. The first kappa shape index (κ1) is 18.7. The molecule has 1 aromatic heterocycles. The molecular weight excluding hydrogens is 351 g/mol. The van der Waals surface area contributed by atoms with Crippen molar-refractivity contribution in [2.24, 2.45) is 0 Å². The second kappa shape index (κ2) is 5.70. The highest BCUT2D eigenvalue weighted by atomic mass is 19.4. The molecule has 1 heterocycles. The molecule has 0 N–H and O–H groups in total. The van der Waals surface area contributed by atoms with Crippen LogP contribution in [0.25, 0.3) is 5.57 Å². The van der Waals surface area contributed by atoms with Crippen molar-refractivity contribution in [2.45, 2.75) is 18.5 Å². The zero-order valence-electron chi connectivity index (χ0n) is 10.3. The average Bonchev–Trinajstić information content (AvgIpc) is 2.31. The van der Waals surface area contributed by atoms with Gasteiger partial charge < -0.3 is 0 Å². The third-order valence-corrected chi connectivity index (χ3v) is 2.33. The Bertz CT molecular complexity index is 643. The van der Waals surface area contributed by atoms with Gasteiger partial charge in [-0.3, -0.25) is 15.1 Å². The second-order valence-corrected chi connectivity index (χ2v) is 3.90. The Balaban J connectivity index is 3.88. The number of rotatable bonds is 2. The topological polar surface area (TPSA) is 56.0 Å². The Kier molecular flexibility index (Phi) is 4.64. The van der Waals surface area contributed by atoms with Gasteiger partial charge in [-0.25, -0.2) is 0 Å². The molecule has 0 amide bonds. The number of alkyl halides is 9. The summed E-state index contributed by atoms with van der Waals surface area (Å²) in [5.41, 5.74) is -9.90. The van der Waals surface area contributed by atoms with Crippen LogP contribution in [-0.2, 0) is 12.4 Å². The number of allylic oxidation sites excluding steroid dienone is 1. The summed E-state index contributed by atoms with van der Waals surface area (Å²) < 4.78 is 114. The van der Waals surface area contributed by atoms with Crippen LogP contribution in [0.2, 0.25) is 0 Å². The van der Waals surface area contributed by atoms with Crippen molar-refractivity contribution in [1.29, 1.82) is 0 Å². The summed E-state index contributed by atoms with van der Waals surface area (Å²) in [6.07, 6.45) is -18.1. The third-order valence-electron chi connectivity index (χ3n) is 2.33. The average molecular weight is 354 g/mol. The molecule has 0 saturated carbocycles. The van der Waals surface area contributed by atoms with E-state index in [-0.39, 0.29) is 12.3 Å². The van der Waals surface area contributed by atoms with Gasteiger partial charge in [0.25, 0.3) is 0 Å². The van der Waals surface area contributed by atoms with Crippen LogP contribution in [0.4, 0.5) is 39.5 Å². The largest absolute Gasteiger partial charge is 0.433 e. The quantitative estimate of drug-likeness (QED) is 0.452. The van der Waals surface area contributed by atoms with Gasteiger partial charge in [0.1, 0.15) is 5.57 Å². The summed E-state index contributed by atoms with van der Waals surface area (Å²) in [5.74, 6) is 0. The Labute approximate surface area is 120 Å². The van der Waals surface area contributed by atoms with Gasteiger partial charge in [0.05, 0.1) is 10.5 Å². The van der Waals surface area contributed by atoms with Gasteiger partial charge >= 0.3 is 18.5 Å². The summed E-state index contributed by atoms with van der Waals surface area (Å²) in [4.78, 5) is 10.9. The first-order chi connectivity index (χ1) is 10.2. The maximum Gasteiger partial charge on any atom is 0.433 e. The zero-order valence-corrected chi connectivity index (χ0v) is 10.3. The van der Waals surface area contributed by atoms with E-state index in [1.807, 2.05) is 0 Å². The number of pyridine rings is 1. The monoisotopic (exact) mass is 354 g/mol. The molecular formula is C10H3F9N2O2. The van der Waals surface area contributed by atoms with Crippen LogP contribution in [0.5, 0.6) is 0 Å². The van der Waals surface area contributed by atoms with E-state index >= 15 is 0 Å². The highest BCUT2D eigenvalue weighted by Gasteiger charge is 2.50. The summed E-state index contributed by atoms with van der Waals surface area (Å²) in [6.45, 7) is 0. The molecule has 23 heavy (non-hydrogen) atoms. The molecule has 1 aromatic rings. The van der Waals surface area contributed by atoms with Crippen molar-refractivity contribution in [2.75, 3.05) is 0 Å². The fourth-order valence-corrected chi connectivity index (χ4v) is 1.59. The minimum absolute atomic E-state index is 0.0269. The van der Waals surface area contributed by atoms with Gasteiger partial charge in [-0.2, -0.15) is 39.5 Å². The van der Waals surface area contributed by atoms with Gasteiger partial charge in [-0.1, -0.05) is 0 Å². The number of halogens is 9. The van der Waals surface area contributed by atoms with Crippen molar-refractivity contribution in [1.82, 2.24) is 4.98 Å². The number of aromatic nitrogens is 1. The number of nitro groups is 1.